The van der Waals surface area contributed by atoms with E-state index < -0.39 is 23.7 Å². The number of furan rings is 1. The first-order chi connectivity index (χ1) is 15.8. The molecule has 1 amide bonds. The summed E-state index contributed by atoms with van der Waals surface area (Å²) in [5, 5.41) is 11.2. The van der Waals surface area contributed by atoms with Crippen molar-refractivity contribution in [2.24, 2.45) is 0 Å². The van der Waals surface area contributed by atoms with Crippen molar-refractivity contribution in [1.29, 1.82) is 0 Å². The monoisotopic (exact) mass is 468 g/mol. The van der Waals surface area contributed by atoms with Crippen molar-refractivity contribution < 1.29 is 33.4 Å². The van der Waals surface area contributed by atoms with Gasteiger partial charge in [0.25, 0.3) is 5.78 Å². The first-order valence-electron chi connectivity index (χ1n) is 9.84. The number of hydrogen-bond acceptors (Lipinski definition) is 9. The Morgan fingerprint density at radius 2 is 1.94 bits per heavy atom. The van der Waals surface area contributed by atoms with E-state index in [0.29, 0.717) is 22.8 Å². The Kier molecular flexibility index (Phi) is 5.77. The molecule has 2 aromatic heterocycles. The Balaban J connectivity index is 1.92. The summed E-state index contributed by atoms with van der Waals surface area (Å²) >= 11 is 0.917. The molecular formula is C23H20N2O7S. The zero-order valence-electron chi connectivity index (χ0n) is 18.2. The molecule has 0 radical (unpaired) electrons. The second kappa shape index (κ2) is 8.55. The molecule has 1 aliphatic rings. The molecule has 1 unspecified atom stereocenters. The number of aliphatic hydroxyl groups is 1. The van der Waals surface area contributed by atoms with Crippen LogP contribution in [0.2, 0.25) is 0 Å². The largest absolute Gasteiger partial charge is 0.507 e. The molecule has 10 heteroatoms. The molecule has 0 bridgehead atoms. The van der Waals surface area contributed by atoms with Crippen LogP contribution in [0, 0.1) is 13.8 Å². The van der Waals surface area contributed by atoms with Gasteiger partial charge in [-0.1, -0.05) is 23.5 Å². The lowest BCUT2D eigenvalue weighted by Gasteiger charge is -2.20. The van der Waals surface area contributed by atoms with Crippen LogP contribution in [-0.2, 0) is 14.3 Å². The Morgan fingerprint density at radius 3 is 2.58 bits per heavy atom. The average Bonchev–Trinajstić information content (AvgIpc) is 3.48. The molecule has 3 aromatic rings. The van der Waals surface area contributed by atoms with Crippen LogP contribution in [0.3, 0.4) is 0 Å². The van der Waals surface area contributed by atoms with Crippen molar-refractivity contribution in [1.82, 2.24) is 4.98 Å². The van der Waals surface area contributed by atoms with Crippen molar-refractivity contribution in [3.63, 3.8) is 0 Å². The van der Waals surface area contributed by atoms with E-state index in [0.717, 1.165) is 16.2 Å². The zero-order valence-corrected chi connectivity index (χ0v) is 19.1. The Hall–Kier alpha value is -3.92. The summed E-state index contributed by atoms with van der Waals surface area (Å²) in [6.45, 7) is 3.33. The molecule has 1 saturated heterocycles. The molecule has 1 aliphatic heterocycles. The fourth-order valence-electron chi connectivity index (χ4n) is 3.59. The van der Waals surface area contributed by atoms with Crippen LogP contribution >= 0.6 is 11.3 Å². The Bertz CT molecular complexity index is 1300. The van der Waals surface area contributed by atoms with Crippen LogP contribution in [0.15, 0.2) is 46.4 Å². The van der Waals surface area contributed by atoms with Gasteiger partial charge in [0.05, 0.1) is 25.5 Å². The van der Waals surface area contributed by atoms with E-state index in [1.807, 2.05) is 0 Å². The number of hydrogen-bond donors (Lipinski definition) is 1. The maximum atomic E-state index is 13.1. The van der Waals surface area contributed by atoms with E-state index in [4.69, 9.17) is 13.9 Å². The summed E-state index contributed by atoms with van der Waals surface area (Å²) < 4.78 is 15.7. The molecule has 33 heavy (non-hydrogen) atoms. The van der Waals surface area contributed by atoms with Crippen LogP contribution < -0.4 is 9.64 Å². The van der Waals surface area contributed by atoms with Crippen molar-refractivity contribution in [3.8, 4) is 5.75 Å². The van der Waals surface area contributed by atoms with Gasteiger partial charge in [-0.05, 0) is 38.1 Å². The summed E-state index contributed by atoms with van der Waals surface area (Å²) in [5.74, 6) is -1.49. The average molecular weight is 468 g/mol. The standard InChI is InChI=1S/C23H20N2O7S/c1-11-8-9-15(32-11)17-16(18(26)13-6-5-7-14(10-13)30-3)19(27)21(28)25(17)23-24-12(2)20(33-23)22(29)31-4/h5-10,17,26H,1-4H3/b18-16+. The topological polar surface area (TPSA) is 119 Å². The molecule has 0 aliphatic carbocycles. The minimum absolute atomic E-state index is 0.110. The van der Waals surface area contributed by atoms with Gasteiger partial charge in [-0.3, -0.25) is 14.5 Å². The molecule has 170 valence electrons. The number of ether oxygens (including phenoxy) is 2. The van der Waals surface area contributed by atoms with Gasteiger partial charge in [0, 0.05) is 5.56 Å². The summed E-state index contributed by atoms with van der Waals surface area (Å²) in [5.41, 5.74) is 0.493. The van der Waals surface area contributed by atoms with E-state index >= 15 is 0 Å². The van der Waals surface area contributed by atoms with Gasteiger partial charge in [0.15, 0.2) is 5.13 Å². The lowest BCUT2D eigenvalue weighted by atomic mass is 9.99. The van der Waals surface area contributed by atoms with Crippen LogP contribution in [0.5, 0.6) is 5.75 Å². The van der Waals surface area contributed by atoms with Crippen molar-refractivity contribution in [2.45, 2.75) is 19.9 Å². The first kappa shape index (κ1) is 22.3. The van der Waals surface area contributed by atoms with E-state index in [-0.39, 0.29) is 27.1 Å². The Labute approximate surface area is 192 Å². The molecule has 1 atom stereocenters. The van der Waals surface area contributed by atoms with Crippen LogP contribution in [0.1, 0.15) is 38.5 Å². The predicted octanol–water partition coefficient (Wildman–Crippen LogP) is 3.77. The fraction of sp³-hybridized carbons (Fsp3) is 0.217. The quantitative estimate of drug-likeness (QED) is 0.260. The molecule has 1 fully saturated rings. The number of carbonyl (C=O) groups excluding carboxylic acids is 3. The number of carbonyl (C=O) groups is 3. The number of esters is 1. The number of ketones is 1. The number of rotatable bonds is 5. The lowest BCUT2D eigenvalue weighted by molar-refractivity contribution is -0.132. The maximum absolute atomic E-state index is 13.1. The van der Waals surface area contributed by atoms with Crippen LogP contribution in [0.25, 0.3) is 5.76 Å². The van der Waals surface area contributed by atoms with E-state index in [1.165, 1.54) is 14.2 Å². The van der Waals surface area contributed by atoms with Gasteiger partial charge in [-0.2, -0.15) is 0 Å². The third kappa shape index (κ3) is 3.78. The van der Waals surface area contributed by atoms with Crippen LogP contribution in [-0.4, -0.2) is 42.0 Å². The highest BCUT2D eigenvalue weighted by Crippen LogP contribution is 2.44. The van der Waals surface area contributed by atoms with E-state index in [2.05, 4.69) is 4.98 Å². The second-order valence-electron chi connectivity index (χ2n) is 7.25. The maximum Gasteiger partial charge on any atom is 0.350 e. The summed E-state index contributed by atoms with van der Waals surface area (Å²) in [7, 11) is 2.72. The number of Topliss-reactive ketones (excluding diaryl/α,β-unsaturated/α-hetero) is 1. The minimum atomic E-state index is -1.08. The van der Waals surface area contributed by atoms with Gasteiger partial charge in [0.2, 0.25) is 0 Å². The number of anilines is 1. The minimum Gasteiger partial charge on any atom is -0.507 e. The third-order valence-electron chi connectivity index (χ3n) is 5.18. The number of amides is 1. The summed E-state index contributed by atoms with van der Waals surface area (Å²) in [6, 6.07) is 8.72. The smallest absolute Gasteiger partial charge is 0.350 e. The van der Waals surface area contributed by atoms with Crippen molar-refractivity contribution in [2.75, 3.05) is 19.1 Å². The molecule has 9 nitrogen and oxygen atoms in total. The molecule has 4 rings (SSSR count). The van der Waals surface area contributed by atoms with Gasteiger partial charge in [0.1, 0.15) is 33.9 Å². The number of nitrogens with zero attached hydrogens (tertiary/aromatic N) is 2. The fourth-order valence-corrected chi connectivity index (χ4v) is 4.60. The first-order valence-corrected chi connectivity index (χ1v) is 10.7. The zero-order chi connectivity index (χ0) is 23.9. The number of aliphatic hydroxyl groups excluding tert-OH is 1. The second-order valence-corrected chi connectivity index (χ2v) is 8.23. The number of aryl methyl sites for hydroxylation is 2. The van der Waals surface area contributed by atoms with Gasteiger partial charge < -0.3 is 19.0 Å². The van der Waals surface area contributed by atoms with Crippen molar-refractivity contribution in [3.05, 3.63) is 69.6 Å². The van der Waals surface area contributed by atoms with Gasteiger partial charge in [-0.15, -0.1) is 0 Å². The number of thiazole rings is 1. The lowest BCUT2D eigenvalue weighted by Crippen LogP contribution is -2.29. The molecule has 0 spiro atoms. The molecule has 0 saturated carbocycles. The highest BCUT2D eigenvalue weighted by molar-refractivity contribution is 7.17. The summed E-state index contributed by atoms with van der Waals surface area (Å²) in [4.78, 5) is 44.0. The normalized spacial score (nSPS) is 17.5. The predicted molar refractivity (Wildman–Crippen MR) is 119 cm³/mol. The highest BCUT2D eigenvalue weighted by Gasteiger charge is 2.50. The summed E-state index contributed by atoms with van der Waals surface area (Å²) in [6.07, 6.45) is 0. The number of methoxy groups -OCH3 is 2. The third-order valence-corrected chi connectivity index (χ3v) is 6.32. The van der Waals surface area contributed by atoms with E-state index in [9.17, 15) is 19.5 Å². The Morgan fingerprint density at radius 1 is 1.18 bits per heavy atom. The molecule has 3 heterocycles. The van der Waals surface area contributed by atoms with E-state index in [1.54, 1.807) is 50.2 Å². The molecule has 1 aromatic carbocycles. The molecule has 1 N–H and O–H groups in total. The SMILES string of the molecule is COC(=O)c1sc(N2C(=O)C(=O)/C(=C(/O)c3cccc(OC)c3)C2c2ccc(C)o2)nc1C. The van der Waals surface area contributed by atoms with Gasteiger partial charge in [-0.25, -0.2) is 9.78 Å². The highest BCUT2D eigenvalue weighted by atomic mass is 32.1. The van der Waals surface area contributed by atoms with Gasteiger partial charge >= 0.3 is 11.9 Å². The van der Waals surface area contributed by atoms with Crippen LogP contribution in [0.4, 0.5) is 5.13 Å². The number of aromatic nitrogens is 1. The number of benzene rings is 1. The molecular weight excluding hydrogens is 448 g/mol. The van der Waals surface area contributed by atoms with Crippen molar-refractivity contribution >= 4 is 39.9 Å².